The monoisotopic (exact) mass is 536 g/mol. The third-order valence-corrected chi connectivity index (χ3v) is 12.8. The predicted molar refractivity (Wildman–Crippen MR) is 155 cm³/mol. The summed E-state index contributed by atoms with van der Waals surface area (Å²) in [5.41, 5.74) is 1.24. The van der Waals surface area contributed by atoms with Crippen LogP contribution < -0.4 is 4.74 Å². The van der Waals surface area contributed by atoms with Gasteiger partial charge in [-0.25, -0.2) is 4.79 Å². The van der Waals surface area contributed by atoms with E-state index < -0.39 is 0 Å². The van der Waals surface area contributed by atoms with E-state index in [0.717, 1.165) is 60.5 Å². The van der Waals surface area contributed by atoms with E-state index in [0.29, 0.717) is 17.1 Å². The second-order valence-electron chi connectivity index (χ2n) is 15.1. The van der Waals surface area contributed by atoms with Crippen LogP contribution in [0.25, 0.3) is 0 Å². The molecule has 4 nitrogen and oxygen atoms in total. The minimum absolute atomic E-state index is 0.0503. The van der Waals surface area contributed by atoms with Crippen LogP contribution in [0, 0.1) is 46.3 Å². The van der Waals surface area contributed by atoms with Gasteiger partial charge in [0.15, 0.2) is 0 Å². The predicted octanol–water partition coefficient (Wildman–Crippen LogP) is 8.47. The van der Waals surface area contributed by atoms with Crippen molar-refractivity contribution in [3.8, 4) is 5.75 Å². The Morgan fingerprint density at radius 3 is 2.49 bits per heavy atom. The zero-order valence-corrected chi connectivity index (χ0v) is 25.3. The number of fused-ring (bicyclic) bond motifs is 4. The molecule has 0 amide bonds. The van der Waals surface area contributed by atoms with Gasteiger partial charge < -0.3 is 14.2 Å². The van der Waals surface area contributed by atoms with E-state index in [9.17, 15) is 4.79 Å². The molecule has 0 bridgehead atoms. The molecule has 5 fully saturated rings. The minimum atomic E-state index is -0.221. The number of carbonyl (C=O) groups is 1. The fraction of sp³-hybridized carbons (Fsp3) is 0.800. The molecule has 39 heavy (non-hydrogen) atoms. The van der Waals surface area contributed by atoms with E-state index >= 15 is 0 Å². The summed E-state index contributed by atoms with van der Waals surface area (Å²) in [4.78, 5) is 12.9. The first kappa shape index (κ1) is 27.6. The van der Waals surface area contributed by atoms with Crippen LogP contribution in [0.4, 0.5) is 0 Å². The Bertz CT molecular complexity index is 1050. The fourth-order valence-corrected chi connectivity index (χ4v) is 10.7. The average molecular weight is 537 g/mol. The smallest absolute Gasteiger partial charge is 0.338 e. The lowest BCUT2D eigenvalue weighted by molar-refractivity contribution is -0.118. The van der Waals surface area contributed by atoms with E-state index in [-0.39, 0.29) is 23.1 Å². The van der Waals surface area contributed by atoms with Crippen molar-refractivity contribution in [1.82, 2.24) is 0 Å². The van der Waals surface area contributed by atoms with Gasteiger partial charge in [-0.15, -0.1) is 0 Å². The molecule has 4 aliphatic carbocycles. The SMILES string of the molecule is COc1ccc(C(=O)O[C@@H]2CC[C@]3(C)[C@@H]4CC[C@@]5(C)[C@H](CC[C@H]5[C@H](C)CCCC(C)C)[C@@H]4C[C@@H]4O[C@@]43C2)cc1. The van der Waals surface area contributed by atoms with Crippen molar-refractivity contribution in [2.45, 2.75) is 123 Å². The zero-order chi connectivity index (χ0) is 27.6. The number of epoxide rings is 1. The highest BCUT2D eigenvalue weighted by molar-refractivity contribution is 5.89. The first-order valence-corrected chi connectivity index (χ1v) is 16.1. The molecule has 0 radical (unpaired) electrons. The van der Waals surface area contributed by atoms with Crippen molar-refractivity contribution in [1.29, 1.82) is 0 Å². The molecule has 10 atom stereocenters. The van der Waals surface area contributed by atoms with Crippen LogP contribution in [0.1, 0.15) is 116 Å². The van der Waals surface area contributed by atoms with Crippen LogP contribution in [0.15, 0.2) is 24.3 Å². The molecule has 1 aromatic rings. The van der Waals surface area contributed by atoms with Gasteiger partial charge in [-0.3, -0.25) is 0 Å². The maximum absolute atomic E-state index is 12.9. The quantitative estimate of drug-likeness (QED) is 0.247. The Hall–Kier alpha value is -1.55. The summed E-state index contributed by atoms with van der Waals surface area (Å²) < 4.78 is 18.1. The summed E-state index contributed by atoms with van der Waals surface area (Å²) >= 11 is 0. The maximum Gasteiger partial charge on any atom is 0.338 e. The van der Waals surface area contributed by atoms with Gasteiger partial charge in [0.2, 0.25) is 0 Å². The summed E-state index contributed by atoms with van der Waals surface area (Å²) in [6.45, 7) is 12.5. The second-order valence-corrected chi connectivity index (χ2v) is 15.1. The molecule has 0 aromatic heterocycles. The van der Waals surface area contributed by atoms with Gasteiger partial charge in [0, 0.05) is 11.8 Å². The van der Waals surface area contributed by atoms with Crippen molar-refractivity contribution in [2.75, 3.05) is 7.11 Å². The van der Waals surface area contributed by atoms with E-state index in [1.165, 1.54) is 51.4 Å². The Balaban J connectivity index is 1.12. The van der Waals surface area contributed by atoms with E-state index in [4.69, 9.17) is 14.2 Å². The fourth-order valence-electron chi connectivity index (χ4n) is 10.7. The molecular formula is C35H52O4. The Kier molecular flexibility index (Phi) is 7.13. The minimum Gasteiger partial charge on any atom is -0.497 e. The maximum atomic E-state index is 12.9. The topological polar surface area (TPSA) is 48.1 Å². The summed E-state index contributed by atoms with van der Waals surface area (Å²) in [5.74, 6) is 5.51. The number of methoxy groups -OCH3 is 1. The van der Waals surface area contributed by atoms with Crippen molar-refractivity contribution < 1.29 is 19.0 Å². The van der Waals surface area contributed by atoms with Gasteiger partial charge in [-0.05, 0) is 110 Å². The van der Waals surface area contributed by atoms with Crippen LogP contribution in [0.5, 0.6) is 5.75 Å². The number of benzene rings is 1. The highest BCUT2D eigenvalue weighted by Gasteiger charge is 2.76. The number of carbonyl (C=O) groups excluding carboxylic acids is 1. The third-order valence-electron chi connectivity index (χ3n) is 12.8. The number of rotatable bonds is 8. The molecular weight excluding hydrogens is 484 g/mol. The lowest BCUT2D eigenvalue weighted by Gasteiger charge is -2.59. The first-order valence-electron chi connectivity index (χ1n) is 16.1. The van der Waals surface area contributed by atoms with Gasteiger partial charge in [0.1, 0.15) is 17.5 Å². The molecule has 1 saturated heterocycles. The summed E-state index contributed by atoms with van der Waals surface area (Å²) in [6.07, 6.45) is 14.3. The second kappa shape index (κ2) is 10.1. The summed E-state index contributed by atoms with van der Waals surface area (Å²) in [7, 11) is 1.64. The molecule has 0 unspecified atom stereocenters. The molecule has 1 spiro atoms. The molecule has 1 heterocycles. The third kappa shape index (κ3) is 4.46. The van der Waals surface area contributed by atoms with Crippen molar-refractivity contribution in [3.05, 3.63) is 29.8 Å². The molecule has 0 N–H and O–H groups in total. The number of hydrogen-bond donors (Lipinski definition) is 0. The first-order chi connectivity index (χ1) is 18.6. The number of ether oxygens (including phenoxy) is 3. The molecule has 216 valence electrons. The number of hydrogen-bond acceptors (Lipinski definition) is 4. The van der Waals surface area contributed by atoms with Crippen LogP contribution >= 0.6 is 0 Å². The van der Waals surface area contributed by atoms with Gasteiger partial charge in [0.25, 0.3) is 0 Å². The highest BCUT2D eigenvalue weighted by atomic mass is 16.6. The van der Waals surface area contributed by atoms with Gasteiger partial charge in [0.05, 0.1) is 18.8 Å². The molecule has 4 saturated carbocycles. The molecule has 5 aliphatic rings. The lowest BCUT2D eigenvalue weighted by Crippen LogP contribution is -2.59. The van der Waals surface area contributed by atoms with Gasteiger partial charge in [-0.2, -0.15) is 0 Å². The van der Waals surface area contributed by atoms with Crippen LogP contribution in [-0.2, 0) is 9.47 Å². The molecule has 1 aromatic carbocycles. The molecule has 4 heteroatoms. The van der Waals surface area contributed by atoms with Crippen molar-refractivity contribution in [2.24, 2.45) is 46.3 Å². The standard InChI is InChI=1S/C35H52O4/c1-22(2)8-7-9-23(3)28-14-15-29-27-20-31-35(39-31)21-26(38-32(36)24-10-12-25(37-6)13-11-24)16-19-34(35,5)30(27)17-18-33(28,29)4/h10-13,22-23,26-31H,7-9,14-21H2,1-6H3/t23-,26-,27+,28+,29-,30-,31+,33-,34-,35+/m1/s1. The van der Waals surface area contributed by atoms with E-state index in [2.05, 4.69) is 34.6 Å². The largest absolute Gasteiger partial charge is 0.497 e. The highest BCUT2D eigenvalue weighted by Crippen LogP contribution is 2.74. The normalized spacial score (nSPS) is 43.1. The Morgan fingerprint density at radius 1 is 1.00 bits per heavy atom. The average Bonchev–Trinajstić information content (AvgIpc) is 3.49. The summed E-state index contributed by atoms with van der Waals surface area (Å²) in [6, 6.07) is 7.25. The van der Waals surface area contributed by atoms with Crippen LogP contribution in [0.3, 0.4) is 0 Å². The van der Waals surface area contributed by atoms with E-state index in [1.54, 1.807) is 19.2 Å². The summed E-state index contributed by atoms with van der Waals surface area (Å²) in [5, 5.41) is 0. The van der Waals surface area contributed by atoms with Gasteiger partial charge >= 0.3 is 5.97 Å². The Morgan fingerprint density at radius 2 is 1.77 bits per heavy atom. The van der Waals surface area contributed by atoms with E-state index in [1.807, 2.05) is 12.1 Å². The lowest BCUT2D eigenvalue weighted by atomic mass is 9.44. The van der Waals surface area contributed by atoms with Crippen molar-refractivity contribution >= 4 is 5.97 Å². The van der Waals surface area contributed by atoms with Crippen LogP contribution in [0.2, 0.25) is 0 Å². The van der Waals surface area contributed by atoms with Gasteiger partial charge in [-0.1, -0.05) is 53.9 Å². The molecule has 1 aliphatic heterocycles. The Labute approximate surface area is 236 Å². The van der Waals surface area contributed by atoms with Crippen molar-refractivity contribution in [3.63, 3.8) is 0 Å². The number of esters is 1. The van der Waals surface area contributed by atoms with Crippen LogP contribution in [-0.4, -0.2) is 30.9 Å². The zero-order valence-electron chi connectivity index (χ0n) is 25.3. The molecule has 6 rings (SSSR count).